The molecule has 116 valence electrons. The van der Waals surface area contributed by atoms with Crippen molar-refractivity contribution in [2.24, 2.45) is 0 Å². The van der Waals surface area contributed by atoms with Gasteiger partial charge in [-0.25, -0.2) is 0 Å². The van der Waals surface area contributed by atoms with Gasteiger partial charge in [-0.05, 0) is 41.1 Å². The fourth-order valence-corrected chi connectivity index (χ4v) is 3.38. The number of rotatable bonds is 4. The first-order chi connectivity index (χ1) is 11.1. The maximum atomic E-state index is 12.1. The molecule has 0 bridgehead atoms. The summed E-state index contributed by atoms with van der Waals surface area (Å²) in [6, 6.07) is 19.3. The molecule has 0 aliphatic rings. The third-order valence-electron chi connectivity index (χ3n) is 3.30. The molecule has 23 heavy (non-hydrogen) atoms. The highest BCUT2D eigenvalue weighted by Gasteiger charge is 2.07. The Balaban J connectivity index is 1.63. The molecule has 0 atom stereocenters. The highest BCUT2D eigenvalue weighted by Crippen LogP contribution is 2.27. The standard InChI is InChI=1S/C18H13Cl2NOS/c19-14-6-8-17(16(20)10-14)21-18(22)11-23-15-7-5-12-3-1-2-4-13(12)9-15/h1-10H,11H2,(H,21,22). The fourth-order valence-electron chi connectivity index (χ4n) is 2.18. The van der Waals surface area contributed by atoms with Crippen LogP contribution < -0.4 is 5.32 Å². The van der Waals surface area contributed by atoms with Crippen molar-refractivity contribution in [3.63, 3.8) is 0 Å². The molecule has 1 amide bonds. The summed E-state index contributed by atoms with van der Waals surface area (Å²) >= 11 is 13.4. The normalized spacial score (nSPS) is 10.7. The highest BCUT2D eigenvalue weighted by atomic mass is 35.5. The molecule has 1 N–H and O–H groups in total. The van der Waals surface area contributed by atoms with E-state index in [0.717, 1.165) is 4.90 Å². The number of amides is 1. The Morgan fingerprint density at radius 1 is 0.957 bits per heavy atom. The van der Waals surface area contributed by atoms with E-state index in [0.29, 0.717) is 21.5 Å². The summed E-state index contributed by atoms with van der Waals surface area (Å²) in [5.74, 6) is 0.212. The molecule has 0 heterocycles. The van der Waals surface area contributed by atoms with Crippen molar-refractivity contribution in [1.82, 2.24) is 0 Å². The zero-order chi connectivity index (χ0) is 16.2. The molecule has 0 saturated carbocycles. The smallest absolute Gasteiger partial charge is 0.234 e. The molecule has 0 spiro atoms. The molecule has 0 saturated heterocycles. The first kappa shape index (κ1) is 16.2. The van der Waals surface area contributed by atoms with Crippen LogP contribution >= 0.6 is 35.0 Å². The third kappa shape index (κ3) is 4.20. The van der Waals surface area contributed by atoms with Crippen LogP contribution in [-0.2, 0) is 4.79 Å². The van der Waals surface area contributed by atoms with E-state index in [1.807, 2.05) is 18.2 Å². The minimum atomic E-state index is -0.104. The summed E-state index contributed by atoms with van der Waals surface area (Å²) in [5, 5.41) is 6.12. The highest BCUT2D eigenvalue weighted by molar-refractivity contribution is 8.00. The largest absolute Gasteiger partial charge is 0.324 e. The number of thioether (sulfide) groups is 1. The van der Waals surface area contributed by atoms with E-state index in [1.54, 1.807) is 18.2 Å². The Morgan fingerprint density at radius 2 is 1.74 bits per heavy atom. The zero-order valence-electron chi connectivity index (χ0n) is 12.1. The summed E-state index contributed by atoms with van der Waals surface area (Å²) in [4.78, 5) is 13.1. The zero-order valence-corrected chi connectivity index (χ0v) is 14.4. The molecular weight excluding hydrogens is 349 g/mol. The Bertz CT molecular complexity index is 867. The van der Waals surface area contributed by atoms with E-state index in [2.05, 4.69) is 29.6 Å². The predicted molar refractivity (Wildman–Crippen MR) is 99.8 cm³/mol. The lowest BCUT2D eigenvalue weighted by molar-refractivity contribution is -0.113. The van der Waals surface area contributed by atoms with Crippen LogP contribution in [0.15, 0.2) is 65.6 Å². The van der Waals surface area contributed by atoms with Crippen molar-refractivity contribution in [3.05, 3.63) is 70.7 Å². The summed E-state index contributed by atoms with van der Waals surface area (Å²) < 4.78 is 0. The van der Waals surface area contributed by atoms with Crippen LogP contribution in [-0.4, -0.2) is 11.7 Å². The molecule has 0 aromatic heterocycles. The molecular formula is C18H13Cl2NOS. The van der Waals surface area contributed by atoms with Gasteiger partial charge in [0.2, 0.25) is 5.91 Å². The van der Waals surface area contributed by atoms with Crippen molar-refractivity contribution < 1.29 is 4.79 Å². The fraction of sp³-hybridized carbons (Fsp3) is 0.0556. The van der Waals surface area contributed by atoms with Gasteiger partial charge >= 0.3 is 0 Å². The van der Waals surface area contributed by atoms with E-state index in [1.165, 1.54) is 22.5 Å². The second kappa shape index (κ2) is 7.26. The van der Waals surface area contributed by atoms with Crippen LogP contribution in [0.2, 0.25) is 10.0 Å². The lowest BCUT2D eigenvalue weighted by Gasteiger charge is -2.08. The van der Waals surface area contributed by atoms with E-state index in [4.69, 9.17) is 23.2 Å². The average molecular weight is 362 g/mol. The second-order valence-electron chi connectivity index (χ2n) is 4.97. The van der Waals surface area contributed by atoms with Crippen LogP contribution in [0.3, 0.4) is 0 Å². The van der Waals surface area contributed by atoms with Crippen molar-refractivity contribution in [1.29, 1.82) is 0 Å². The van der Waals surface area contributed by atoms with Gasteiger partial charge < -0.3 is 5.32 Å². The molecule has 0 aliphatic heterocycles. The second-order valence-corrected chi connectivity index (χ2v) is 6.86. The van der Waals surface area contributed by atoms with E-state index < -0.39 is 0 Å². The summed E-state index contributed by atoms with van der Waals surface area (Å²) in [7, 11) is 0. The molecule has 2 nitrogen and oxygen atoms in total. The molecule has 3 aromatic carbocycles. The van der Waals surface area contributed by atoms with Gasteiger partial charge in [0.05, 0.1) is 16.5 Å². The lowest BCUT2D eigenvalue weighted by atomic mass is 10.1. The van der Waals surface area contributed by atoms with Gasteiger partial charge in [-0.15, -0.1) is 11.8 Å². The van der Waals surface area contributed by atoms with Gasteiger partial charge in [0.1, 0.15) is 0 Å². The van der Waals surface area contributed by atoms with Crippen molar-refractivity contribution in [2.45, 2.75) is 4.90 Å². The average Bonchev–Trinajstić information content (AvgIpc) is 2.55. The van der Waals surface area contributed by atoms with Crippen LogP contribution in [0.4, 0.5) is 5.69 Å². The van der Waals surface area contributed by atoms with Crippen LogP contribution in [0.25, 0.3) is 10.8 Å². The Labute approximate surface area is 148 Å². The molecule has 0 fully saturated rings. The van der Waals surface area contributed by atoms with Crippen molar-refractivity contribution >= 4 is 57.3 Å². The minimum absolute atomic E-state index is 0.104. The lowest BCUT2D eigenvalue weighted by Crippen LogP contribution is -2.14. The number of carbonyl (C=O) groups is 1. The number of nitrogens with one attached hydrogen (secondary N) is 1. The number of hydrogen-bond donors (Lipinski definition) is 1. The summed E-state index contributed by atoms with van der Waals surface area (Å²) in [5.41, 5.74) is 0.570. The number of halogens is 2. The SMILES string of the molecule is O=C(CSc1ccc2ccccc2c1)Nc1ccc(Cl)cc1Cl. The first-order valence-electron chi connectivity index (χ1n) is 6.98. The van der Waals surface area contributed by atoms with Gasteiger partial charge in [0, 0.05) is 9.92 Å². The van der Waals surface area contributed by atoms with Gasteiger partial charge in [-0.3, -0.25) is 4.79 Å². The quantitative estimate of drug-likeness (QED) is 0.588. The van der Waals surface area contributed by atoms with E-state index in [9.17, 15) is 4.79 Å². The third-order valence-corrected chi connectivity index (χ3v) is 4.84. The summed E-state index contributed by atoms with van der Waals surface area (Å²) in [6.45, 7) is 0. The molecule has 3 aromatic rings. The number of anilines is 1. The molecule has 3 rings (SSSR count). The number of fused-ring (bicyclic) bond motifs is 1. The summed E-state index contributed by atoms with van der Waals surface area (Å²) in [6.07, 6.45) is 0. The van der Waals surface area contributed by atoms with Gasteiger partial charge in [0.15, 0.2) is 0 Å². The van der Waals surface area contributed by atoms with Crippen LogP contribution in [0.1, 0.15) is 0 Å². The number of benzene rings is 3. The van der Waals surface area contributed by atoms with Gasteiger partial charge in [0.25, 0.3) is 0 Å². The van der Waals surface area contributed by atoms with Crippen molar-refractivity contribution in [3.8, 4) is 0 Å². The topological polar surface area (TPSA) is 29.1 Å². The Kier molecular flexibility index (Phi) is 5.11. The molecule has 0 aliphatic carbocycles. The monoisotopic (exact) mass is 361 g/mol. The maximum Gasteiger partial charge on any atom is 0.234 e. The first-order valence-corrected chi connectivity index (χ1v) is 8.72. The minimum Gasteiger partial charge on any atom is -0.324 e. The molecule has 5 heteroatoms. The Hall–Kier alpha value is -1.68. The predicted octanol–water partition coefficient (Wildman–Crippen LogP) is 5.88. The Morgan fingerprint density at radius 3 is 2.52 bits per heavy atom. The van der Waals surface area contributed by atoms with Crippen LogP contribution in [0.5, 0.6) is 0 Å². The van der Waals surface area contributed by atoms with E-state index >= 15 is 0 Å². The van der Waals surface area contributed by atoms with Gasteiger partial charge in [-0.2, -0.15) is 0 Å². The van der Waals surface area contributed by atoms with Crippen molar-refractivity contribution in [2.75, 3.05) is 11.1 Å². The molecule has 0 unspecified atom stereocenters. The van der Waals surface area contributed by atoms with E-state index in [-0.39, 0.29) is 5.91 Å². The van der Waals surface area contributed by atoms with Gasteiger partial charge in [-0.1, -0.05) is 53.5 Å². The molecule has 0 radical (unpaired) electrons. The number of hydrogen-bond acceptors (Lipinski definition) is 2. The number of carbonyl (C=O) groups excluding carboxylic acids is 1. The van der Waals surface area contributed by atoms with Crippen LogP contribution in [0, 0.1) is 0 Å². The maximum absolute atomic E-state index is 12.1.